The smallest absolute Gasteiger partial charge is 0.0438 e. The van der Waals surface area contributed by atoms with Crippen LogP contribution in [0.4, 0.5) is 0 Å². The van der Waals surface area contributed by atoms with Crippen LogP contribution in [0.25, 0.3) is 0 Å². The molecule has 0 saturated heterocycles. The Balaban J connectivity index is 2.61. The van der Waals surface area contributed by atoms with Gasteiger partial charge >= 0.3 is 0 Å². The van der Waals surface area contributed by atoms with Crippen molar-refractivity contribution in [2.24, 2.45) is 17.6 Å². The first-order valence-electron chi connectivity index (χ1n) is 6.64. The van der Waals surface area contributed by atoms with Crippen LogP contribution in [0.5, 0.6) is 0 Å². The zero-order chi connectivity index (χ0) is 12.7. The molecule has 0 fully saturated rings. The predicted molar refractivity (Wildman–Crippen MR) is 76.4 cm³/mol. The highest BCUT2D eigenvalue weighted by Crippen LogP contribution is 2.24. The summed E-state index contributed by atoms with van der Waals surface area (Å²) in [5.41, 5.74) is 7.12. The van der Waals surface area contributed by atoms with Crippen LogP contribution in [-0.4, -0.2) is 6.54 Å². The van der Waals surface area contributed by atoms with Gasteiger partial charge in [0.2, 0.25) is 0 Å². The largest absolute Gasteiger partial charge is 0.330 e. The van der Waals surface area contributed by atoms with E-state index in [1.807, 2.05) is 18.2 Å². The SMILES string of the molecule is CCC(CC)CC(CN)Cc1ccccc1Cl. The van der Waals surface area contributed by atoms with Crippen LogP contribution in [0.1, 0.15) is 38.7 Å². The highest BCUT2D eigenvalue weighted by atomic mass is 35.5. The van der Waals surface area contributed by atoms with Crippen molar-refractivity contribution in [1.82, 2.24) is 0 Å². The fourth-order valence-corrected chi connectivity index (χ4v) is 2.54. The van der Waals surface area contributed by atoms with Gasteiger partial charge in [0.1, 0.15) is 0 Å². The zero-order valence-corrected chi connectivity index (χ0v) is 11.7. The van der Waals surface area contributed by atoms with Gasteiger partial charge in [0.05, 0.1) is 0 Å². The number of nitrogens with two attached hydrogens (primary N) is 1. The Bertz CT molecular complexity index is 320. The molecule has 0 aliphatic heterocycles. The molecular formula is C15H24ClN. The molecular weight excluding hydrogens is 230 g/mol. The van der Waals surface area contributed by atoms with Gasteiger partial charge < -0.3 is 5.73 Å². The Labute approximate surface area is 110 Å². The lowest BCUT2D eigenvalue weighted by molar-refractivity contribution is 0.356. The Morgan fingerprint density at radius 1 is 1.12 bits per heavy atom. The first-order chi connectivity index (χ1) is 8.21. The van der Waals surface area contributed by atoms with Crippen molar-refractivity contribution in [2.45, 2.75) is 39.5 Å². The molecule has 1 nitrogen and oxygen atoms in total. The van der Waals surface area contributed by atoms with Crippen LogP contribution >= 0.6 is 11.6 Å². The van der Waals surface area contributed by atoms with Crippen LogP contribution in [0.15, 0.2) is 24.3 Å². The monoisotopic (exact) mass is 253 g/mol. The topological polar surface area (TPSA) is 26.0 Å². The predicted octanol–water partition coefficient (Wildman–Crippen LogP) is 4.28. The molecule has 1 aromatic carbocycles. The van der Waals surface area contributed by atoms with Crippen LogP contribution < -0.4 is 5.73 Å². The third kappa shape index (κ3) is 4.69. The van der Waals surface area contributed by atoms with Crippen molar-refractivity contribution in [3.63, 3.8) is 0 Å². The summed E-state index contributed by atoms with van der Waals surface area (Å²) < 4.78 is 0. The molecule has 0 radical (unpaired) electrons. The number of hydrogen-bond acceptors (Lipinski definition) is 1. The van der Waals surface area contributed by atoms with Crippen LogP contribution in [0.2, 0.25) is 5.02 Å². The van der Waals surface area contributed by atoms with Gasteiger partial charge in [-0.3, -0.25) is 0 Å². The molecule has 96 valence electrons. The second kappa shape index (κ2) is 7.73. The molecule has 1 atom stereocenters. The molecule has 0 aromatic heterocycles. The van der Waals surface area contributed by atoms with Gasteiger partial charge in [0.15, 0.2) is 0 Å². The highest BCUT2D eigenvalue weighted by molar-refractivity contribution is 6.31. The van der Waals surface area contributed by atoms with Gasteiger partial charge in [-0.1, -0.05) is 56.5 Å². The van der Waals surface area contributed by atoms with E-state index in [-0.39, 0.29) is 0 Å². The average Bonchev–Trinajstić information content (AvgIpc) is 2.36. The number of hydrogen-bond donors (Lipinski definition) is 1. The number of rotatable bonds is 7. The van der Waals surface area contributed by atoms with Gasteiger partial charge in [0.25, 0.3) is 0 Å². The Morgan fingerprint density at radius 3 is 2.29 bits per heavy atom. The molecule has 17 heavy (non-hydrogen) atoms. The minimum absolute atomic E-state index is 0.555. The standard InChI is InChI=1S/C15H24ClN/c1-3-12(4-2)9-13(11-17)10-14-7-5-6-8-15(14)16/h5-8,12-13H,3-4,9-11,17H2,1-2H3. The molecule has 0 aliphatic rings. The van der Waals surface area contributed by atoms with Crippen molar-refractivity contribution < 1.29 is 0 Å². The van der Waals surface area contributed by atoms with Crippen molar-refractivity contribution in [2.75, 3.05) is 6.54 Å². The summed E-state index contributed by atoms with van der Waals surface area (Å²) in [5, 5.41) is 0.871. The summed E-state index contributed by atoms with van der Waals surface area (Å²) in [6.07, 6.45) is 4.71. The zero-order valence-electron chi connectivity index (χ0n) is 11.0. The molecule has 0 spiro atoms. The lowest BCUT2D eigenvalue weighted by Crippen LogP contribution is -2.20. The molecule has 2 heteroatoms. The summed E-state index contributed by atoms with van der Waals surface area (Å²) >= 11 is 6.19. The minimum atomic E-state index is 0.555. The molecule has 0 amide bonds. The van der Waals surface area contributed by atoms with E-state index in [2.05, 4.69) is 19.9 Å². The van der Waals surface area contributed by atoms with Crippen LogP contribution in [0.3, 0.4) is 0 Å². The first kappa shape index (κ1) is 14.5. The van der Waals surface area contributed by atoms with E-state index in [1.165, 1.54) is 24.8 Å². The molecule has 0 aliphatic carbocycles. The Hall–Kier alpha value is -0.530. The number of benzene rings is 1. The van der Waals surface area contributed by atoms with E-state index in [0.29, 0.717) is 5.92 Å². The van der Waals surface area contributed by atoms with Crippen molar-refractivity contribution >= 4 is 11.6 Å². The fourth-order valence-electron chi connectivity index (χ4n) is 2.33. The van der Waals surface area contributed by atoms with Crippen molar-refractivity contribution in [3.05, 3.63) is 34.9 Å². The highest BCUT2D eigenvalue weighted by Gasteiger charge is 2.14. The minimum Gasteiger partial charge on any atom is -0.330 e. The van der Waals surface area contributed by atoms with E-state index >= 15 is 0 Å². The Morgan fingerprint density at radius 2 is 1.76 bits per heavy atom. The van der Waals surface area contributed by atoms with Gasteiger partial charge in [-0.2, -0.15) is 0 Å². The van der Waals surface area contributed by atoms with Crippen LogP contribution in [-0.2, 0) is 6.42 Å². The van der Waals surface area contributed by atoms with E-state index < -0.39 is 0 Å². The maximum atomic E-state index is 6.19. The molecule has 0 heterocycles. The van der Waals surface area contributed by atoms with E-state index in [0.717, 1.165) is 23.9 Å². The van der Waals surface area contributed by atoms with Gasteiger partial charge in [-0.05, 0) is 42.9 Å². The Kier molecular flexibility index (Phi) is 6.61. The summed E-state index contributed by atoms with van der Waals surface area (Å²) in [4.78, 5) is 0. The summed E-state index contributed by atoms with van der Waals surface area (Å²) in [6, 6.07) is 8.09. The number of halogens is 1. The third-order valence-corrected chi connectivity index (χ3v) is 3.99. The summed E-state index contributed by atoms with van der Waals surface area (Å²) in [7, 11) is 0. The van der Waals surface area contributed by atoms with Gasteiger partial charge in [0, 0.05) is 5.02 Å². The molecule has 0 saturated carbocycles. The van der Waals surface area contributed by atoms with Gasteiger partial charge in [-0.15, -0.1) is 0 Å². The molecule has 1 unspecified atom stereocenters. The lowest BCUT2D eigenvalue weighted by atomic mass is 9.87. The van der Waals surface area contributed by atoms with Crippen molar-refractivity contribution in [3.8, 4) is 0 Å². The van der Waals surface area contributed by atoms with Crippen LogP contribution in [0, 0.1) is 11.8 Å². The quantitative estimate of drug-likeness (QED) is 0.771. The second-order valence-corrected chi connectivity index (χ2v) is 5.22. The molecule has 0 bridgehead atoms. The average molecular weight is 254 g/mol. The van der Waals surface area contributed by atoms with E-state index in [4.69, 9.17) is 17.3 Å². The fraction of sp³-hybridized carbons (Fsp3) is 0.600. The summed E-state index contributed by atoms with van der Waals surface area (Å²) in [5.74, 6) is 1.35. The molecule has 2 N–H and O–H groups in total. The first-order valence-corrected chi connectivity index (χ1v) is 7.02. The third-order valence-electron chi connectivity index (χ3n) is 3.62. The van der Waals surface area contributed by atoms with E-state index in [1.54, 1.807) is 0 Å². The molecule has 1 aromatic rings. The maximum Gasteiger partial charge on any atom is 0.0438 e. The lowest BCUT2D eigenvalue weighted by Gasteiger charge is -2.21. The second-order valence-electron chi connectivity index (χ2n) is 4.82. The normalized spacial score (nSPS) is 13.0. The summed E-state index contributed by atoms with van der Waals surface area (Å²) in [6.45, 7) is 5.27. The van der Waals surface area contributed by atoms with Crippen molar-refractivity contribution in [1.29, 1.82) is 0 Å². The van der Waals surface area contributed by atoms with Gasteiger partial charge in [-0.25, -0.2) is 0 Å². The maximum absolute atomic E-state index is 6.19. The van der Waals surface area contributed by atoms with E-state index in [9.17, 15) is 0 Å². The molecule has 1 rings (SSSR count).